The van der Waals surface area contributed by atoms with Crippen molar-refractivity contribution >= 4 is 71.9 Å². The van der Waals surface area contributed by atoms with Gasteiger partial charge in [-0.1, -0.05) is 52.3 Å². The molecule has 8 heteroatoms. The summed E-state index contributed by atoms with van der Waals surface area (Å²) in [5, 5.41) is 3.31. The molecule has 3 aromatic carbocycles. The molecule has 0 saturated heterocycles. The zero-order chi connectivity index (χ0) is 25.6. The fraction of sp³-hybridized carbons (Fsp3) is 0.143. The Bertz CT molecular complexity index is 1450. The highest BCUT2D eigenvalue weighted by atomic mass is 127. The first kappa shape index (κ1) is 25.2. The van der Waals surface area contributed by atoms with Gasteiger partial charge in [-0.25, -0.2) is 4.79 Å². The highest BCUT2D eigenvalue weighted by Crippen LogP contribution is 2.48. The molecule has 5 rings (SSSR count). The van der Waals surface area contributed by atoms with Crippen LogP contribution in [0.1, 0.15) is 39.9 Å². The quantitative estimate of drug-likeness (QED) is 0.225. The molecule has 1 heterocycles. The van der Waals surface area contributed by atoms with Gasteiger partial charge in [-0.2, -0.15) is 0 Å². The van der Waals surface area contributed by atoms with E-state index in [0.717, 1.165) is 34.9 Å². The third kappa shape index (κ3) is 4.43. The minimum Gasteiger partial charge on any atom is -0.487 e. The molecular weight excluding hydrogens is 701 g/mol. The molecule has 1 N–H and O–H groups in total. The van der Waals surface area contributed by atoms with E-state index in [0.29, 0.717) is 34.8 Å². The monoisotopic (exact) mass is 719 g/mol. The first-order valence-corrected chi connectivity index (χ1v) is 13.8. The summed E-state index contributed by atoms with van der Waals surface area (Å²) in [6.07, 6.45) is 0. The van der Waals surface area contributed by atoms with Gasteiger partial charge in [0.05, 0.1) is 26.4 Å². The van der Waals surface area contributed by atoms with E-state index in [4.69, 9.17) is 9.47 Å². The summed E-state index contributed by atoms with van der Waals surface area (Å²) in [7, 11) is 1.35. The molecule has 3 aromatic rings. The average molecular weight is 721 g/mol. The molecular formula is C28H20Br2INO4. The maximum absolute atomic E-state index is 13.6. The van der Waals surface area contributed by atoms with Crippen molar-refractivity contribution in [3.8, 4) is 5.75 Å². The summed E-state index contributed by atoms with van der Waals surface area (Å²) in [6, 6.07) is 19.3. The Morgan fingerprint density at radius 1 is 1.06 bits per heavy atom. The molecule has 2 aliphatic rings. The average Bonchev–Trinajstić information content (AvgIpc) is 3.14. The lowest BCUT2D eigenvalue weighted by Crippen LogP contribution is -2.29. The number of ketones is 1. The molecule has 0 aromatic heterocycles. The maximum atomic E-state index is 13.6. The Morgan fingerprint density at radius 2 is 1.75 bits per heavy atom. The van der Waals surface area contributed by atoms with E-state index in [1.165, 1.54) is 7.11 Å². The van der Waals surface area contributed by atoms with E-state index < -0.39 is 11.9 Å². The number of benzene rings is 3. The number of allylic oxidation sites excluding steroid dienone is 2. The molecule has 0 unspecified atom stereocenters. The highest BCUT2D eigenvalue weighted by molar-refractivity contribution is 14.1. The van der Waals surface area contributed by atoms with E-state index in [1.54, 1.807) is 0 Å². The molecule has 0 radical (unpaired) electrons. The van der Waals surface area contributed by atoms with Crippen LogP contribution in [0.2, 0.25) is 0 Å². The lowest BCUT2D eigenvalue weighted by atomic mass is 9.80. The predicted molar refractivity (Wildman–Crippen MR) is 154 cm³/mol. The molecule has 0 saturated carbocycles. The van der Waals surface area contributed by atoms with E-state index in [9.17, 15) is 9.59 Å². The largest absolute Gasteiger partial charge is 0.487 e. The second-order valence-corrected chi connectivity index (χ2v) is 11.4. The van der Waals surface area contributed by atoms with Crippen LogP contribution in [0, 0.1) is 3.57 Å². The molecule has 0 spiro atoms. The van der Waals surface area contributed by atoms with Crippen LogP contribution in [0.25, 0.3) is 5.70 Å². The number of fused-ring (bicyclic) bond motifs is 2. The number of ether oxygens (including phenoxy) is 2. The van der Waals surface area contributed by atoms with Crippen molar-refractivity contribution < 1.29 is 19.1 Å². The van der Waals surface area contributed by atoms with Crippen LogP contribution in [-0.2, 0) is 16.1 Å². The van der Waals surface area contributed by atoms with Gasteiger partial charge in [0.2, 0.25) is 0 Å². The van der Waals surface area contributed by atoms with Crippen molar-refractivity contribution in [3.63, 3.8) is 0 Å². The van der Waals surface area contributed by atoms with Crippen LogP contribution in [0.4, 0.5) is 0 Å². The predicted octanol–water partition coefficient (Wildman–Crippen LogP) is 7.14. The second kappa shape index (κ2) is 10.1. The molecule has 1 aliphatic heterocycles. The topological polar surface area (TPSA) is 64.6 Å². The molecule has 5 nitrogen and oxygen atoms in total. The minimum atomic E-state index is -0.584. The molecule has 1 aliphatic carbocycles. The van der Waals surface area contributed by atoms with Gasteiger partial charge in [0.1, 0.15) is 12.4 Å². The number of carbonyl (C=O) groups is 2. The maximum Gasteiger partial charge on any atom is 0.336 e. The third-order valence-corrected chi connectivity index (χ3v) is 8.22. The number of rotatable bonds is 5. The molecule has 0 fully saturated rings. The highest BCUT2D eigenvalue weighted by Gasteiger charge is 2.43. The lowest BCUT2D eigenvalue weighted by molar-refractivity contribution is -0.136. The number of halogens is 3. The summed E-state index contributed by atoms with van der Waals surface area (Å²) in [5.74, 6) is -0.443. The van der Waals surface area contributed by atoms with E-state index in [-0.39, 0.29) is 5.78 Å². The second-order valence-electron chi connectivity index (χ2n) is 8.48. The third-order valence-electron chi connectivity index (χ3n) is 6.30. The van der Waals surface area contributed by atoms with Crippen LogP contribution in [0.15, 0.2) is 86.5 Å². The van der Waals surface area contributed by atoms with Gasteiger partial charge in [-0.3, -0.25) is 4.79 Å². The fourth-order valence-electron chi connectivity index (χ4n) is 4.66. The van der Waals surface area contributed by atoms with Gasteiger partial charge in [0.15, 0.2) is 5.78 Å². The molecule has 0 bridgehead atoms. The number of methoxy groups -OCH3 is 1. The Balaban J connectivity index is 1.57. The fourth-order valence-corrected chi connectivity index (χ4v) is 6.70. The summed E-state index contributed by atoms with van der Waals surface area (Å²) < 4.78 is 13.9. The zero-order valence-electron chi connectivity index (χ0n) is 19.3. The number of carbonyl (C=O) groups excluding carboxylic acids is 2. The number of hydrogen-bond acceptors (Lipinski definition) is 5. The summed E-state index contributed by atoms with van der Waals surface area (Å²) >= 11 is 9.35. The summed E-state index contributed by atoms with van der Waals surface area (Å²) in [4.78, 5) is 26.5. The van der Waals surface area contributed by atoms with E-state index in [2.05, 4.69) is 59.8 Å². The first-order chi connectivity index (χ1) is 17.3. The van der Waals surface area contributed by atoms with Crippen molar-refractivity contribution in [1.29, 1.82) is 0 Å². The SMILES string of the molecule is COC(=O)C1=C(C)NC2=C(C(=O)c3ccccc32)[C@H]1c1cc(Br)c(OCc2ccc(Br)cc2)c(I)c1. The Kier molecular flexibility index (Phi) is 7.11. The van der Waals surface area contributed by atoms with Gasteiger partial charge in [0.25, 0.3) is 0 Å². The Hall–Kier alpha value is -2.43. The van der Waals surface area contributed by atoms with E-state index >= 15 is 0 Å². The standard InChI is InChI=1S/C28H20Br2INO4/c1-14-22(28(34)35-2)23(24-25(32-14)18-5-3-4-6-19(18)26(24)33)16-11-20(30)27(21(31)12-16)36-13-15-7-9-17(29)10-8-15/h3-12,23,32H,13H2,1-2H3/t23-/m0/s1. The van der Waals surface area contributed by atoms with Crippen molar-refractivity contribution in [2.24, 2.45) is 0 Å². The number of nitrogens with one attached hydrogen (secondary N) is 1. The van der Waals surface area contributed by atoms with E-state index in [1.807, 2.05) is 67.6 Å². The molecule has 36 heavy (non-hydrogen) atoms. The lowest BCUT2D eigenvalue weighted by Gasteiger charge is -2.29. The first-order valence-electron chi connectivity index (χ1n) is 11.1. The van der Waals surface area contributed by atoms with Crippen molar-refractivity contribution in [2.45, 2.75) is 19.4 Å². The molecule has 1 atom stereocenters. The summed E-state index contributed by atoms with van der Waals surface area (Å²) in [5.41, 5.74) is 5.69. The van der Waals surface area contributed by atoms with Gasteiger partial charge < -0.3 is 14.8 Å². The van der Waals surface area contributed by atoms with Crippen molar-refractivity contribution in [3.05, 3.63) is 112 Å². The smallest absolute Gasteiger partial charge is 0.336 e. The normalized spacial score (nSPS) is 16.5. The summed E-state index contributed by atoms with van der Waals surface area (Å²) in [6.45, 7) is 2.24. The number of dihydropyridines is 1. The van der Waals surface area contributed by atoms with Crippen LogP contribution in [-0.4, -0.2) is 18.9 Å². The van der Waals surface area contributed by atoms with Gasteiger partial charge >= 0.3 is 5.97 Å². The van der Waals surface area contributed by atoms with Crippen molar-refractivity contribution in [2.75, 3.05) is 7.11 Å². The van der Waals surface area contributed by atoms with Gasteiger partial charge in [-0.15, -0.1) is 0 Å². The van der Waals surface area contributed by atoms with Gasteiger partial charge in [-0.05, 0) is 80.8 Å². The zero-order valence-corrected chi connectivity index (χ0v) is 24.7. The van der Waals surface area contributed by atoms with Crippen LogP contribution in [0.3, 0.4) is 0 Å². The van der Waals surface area contributed by atoms with Crippen LogP contribution in [0.5, 0.6) is 5.75 Å². The van der Waals surface area contributed by atoms with Crippen LogP contribution >= 0.6 is 54.5 Å². The minimum absolute atomic E-state index is 0.0892. The van der Waals surface area contributed by atoms with Crippen molar-refractivity contribution in [1.82, 2.24) is 5.32 Å². The van der Waals surface area contributed by atoms with Crippen LogP contribution < -0.4 is 10.1 Å². The Labute approximate surface area is 239 Å². The molecule has 0 amide bonds. The van der Waals surface area contributed by atoms with Gasteiger partial charge in [0, 0.05) is 32.8 Å². The number of esters is 1. The number of Topliss-reactive ketones (excluding diaryl/α,β-unsaturated/α-hetero) is 1. The molecule has 182 valence electrons. The Morgan fingerprint density at radius 3 is 2.42 bits per heavy atom. The number of hydrogen-bond donors (Lipinski definition) is 1.